The molecule has 0 amide bonds. The molecule has 1 aromatic heterocycles. The summed E-state index contributed by atoms with van der Waals surface area (Å²) in [5, 5.41) is 4.93. The van der Waals surface area contributed by atoms with Crippen LogP contribution in [0.25, 0.3) is 10.9 Å². The van der Waals surface area contributed by atoms with Gasteiger partial charge in [-0.1, -0.05) is 30.3 Å². The van der Waals surface area contributed by atoms with Gasteiger partial charge in [0.05, 0.1) is 5.52 Å². The van der Waals surface area contributed by atoms with Crippen LogP contribution in [0.2, 0.25) is 0 Å². The number of fused-ring (bicyclic) bond motifs is 2. The highest BCUT2D eigenvalue weighted by atomic mass is 16.5. The first-order valence-electron chi connectivity index (χ1n) is 9.37. The molecule has 1 atom stereocenters. The van der Waals surface area contributed by atoms with Gasteiger partial charge in [0.15, 0.2) is 0 Å². The summed E-state index contributed by atoms with van der Waals surface area (Å²) in [7, 11) is 0. The zero-order valence-electron chi connectivity index (χ0n) is 15.8. The van der Waals surface area contributed by atoms with Crippen molar-refractivity contribution in [2.24, 2.45) is 0 Å². The summed E-state index contributed by atoms with van der Waals surface area (Å²) in [5.41, 5.74) is 4.69. The van der Waals surface area contributed by atoms with Crippen molar-refractivity contribution in [3.05, 3.63) is 71.4 Å². The maximum Gasteiger partial charge on any atom is 0.125 e. The predicted molar refractivity (Wildman–Crippen MR) is 107 cm³/mol. The van der Waals surface area contributed by atoms with Gasteiger partial charge in [-0.25, -0.2) is 0 Å². The van der Waals surface area contributed by atoms with Crippen LogP contribution in [0.1, 0.15) is 43.0 Å². The van der Waals surface area contributed by atoms with E-state index in [2.05, 4.69) is 79.6 Å². The Morgan fingerprint density at radius 1 is 1.15 bits per heavy atom. The van der Waals surface area contributed by atoms with Crippen LogP contribution in [0, 0.1) is 6.92 Å². The van der Waals surface area contributed by atoms with Crippen LogP contribution in [-0.2, 0) is 6.42 Å². The summed E-state index contributed by atoms with van der Waals surface area (Å²) in [6.45, 7) is 7.41. The van der Waals surface area contributed by atoms with Crippen LogP contribution in [0.5, 0.6) is 5.75 Å². The highest BCUT2D eigenvalue weighted by molar-refractivity contribution is 5.84. The molecule has 1 N–H and O–H groups in total. The minimum atomic E-state index is -0.179. The Hall–Kier alpha value is -2.39. The third-order valence-electron chi connectivity index (χ3n) is 5.20. The smallest absolute Gasteiger partial charge is 0.125 e. The van der Waals surface area contributed by atoms with E-state index in [-0.39, 0.29) is 11.6 Å². The number of nitrogens with zero attached hydrogens (tertiary/aromatic N) is 1. The normalized spacial score (nSPS) is 18.3. The van der Waals surface area contributed by atoms with Crippen molar-refractivity contribution in [2.75, 3.05) is 6.54 Å². The van der Waals surface area contributed by atoms with Crippen molar-refractivity contribution in [1.82, 2.24) is 10.3 Å². The summed E-state index contributed by atoms with van der Waals surface area (Å²) < 4.78 is 6.31. The van der Waals surface area contributed by atoms with Crippen molar-refractivity contribution < 1.29 is 4.74 Å². The molecule has 0 fully saturated rings. The van der Waals surface area contributed by atoms with Crippen molar-refractivity contribution in [1.29, 1.82) is 0 Å². The van der Waals surface area contributed by atoms with Crippen molar-refractivity contribution >= 4 is 10.9 Å². The Balaban J connectivity index is 1.61. The number of hydrogen-bond donors (Lipinski definition) is 1. The molecule has 134 valence electrons. The molecular weight excluding hydrogens is 320 g/mol. The molecule has 2 heterocycles. The molecule has 0 saturated heterocycles. The van der Waals surface area contributed by atoms with Crippen molar-refractivity contribution in [3.8, 4) is 5.75 Å². The molecule has 0 bridgehead atoms. The second kappa shape index (κ2) is 6.73. The van der Waals surface area contributed by atoms with E-state index in [0.717, 1.165) is 30.7 Å². The fourth-order valence-electron chi connectivity index (χ4n) is 3.85. The van der Waals surface area contributed by atoms with Crippen LogP contribution in [0.15, 0.2) is 54.7 Å². The Kier molecular flexibility index (Phi) is 4.41. The molecule has 3 aromatic rings. The van der Waals surface area contributed by atoms with Gasteiger partial charge in [-0.2, -0.15) is 0 Å². The average molecular weight is 346 g/mol. The van der Waals surface area contributed by atoms with Gasteiger partial charge in [-0.05, 0) is 63.1 Å². The topological polar surface area (TPSA) is 34.1 Å². The van der Waals surface area contributed by atoms with E-state index in [1.807, 2.05) is 6.20 Å². The van der Waals surface area contributed by atoms with Crippen molar-refractivity contribution in [3.63, 3.8) is 0 Å². The van der Waals surface area contributed by atoms with Gasteiger partial charge >= 0.3 is 0 Å². The average Bonchev–Trinajstić information content (AvgIpc) is 2.61. The van der Waals surface area contributed by atoms with Crippen LogP contribution >= 0.6 is 0 Å². The fourth-order valence-corrected chi connectivity index (χ4v) is 3.85. The number of aromatic nitrogens is 1. The number of aryl methyl sites for hydroxylation is 1. The van der Waals surface area contributed by atoms with Crippen LogP contribution in [-0.4, -0.2) is 17.1 Å². The first-order chi connectivity index (χ1) is 12.5. The summed E-state index contributed by atoms with van der Waals surface area (Å²) in [6, 6.07) is 17.3. The zero-order chi connectivity index (χ0) is 18.1. The Bertz CT molecular complexity index is 918. The summed E-state index contributed by atoms with van der Waals surface area (Å²) in [4.78, 5) is 4.57. The molecule has 3 heteroatoms. The van der Waals surface area contributed by atoms with Crippen LogP contribution < -0.4 is 10.1 Å². The van der Waals surface area contributed by atoms with Gasteiger partial charge in [0.25, 0.3) is 0 Å². The quantitative estimate of drug-likeness (QED) is 0.723. The molecule has 0 aliphatic carbocycles. The van der Waals surface area contributed by atoms with Gasteiger partial charge in [0, 0.05) is 29.6 Å². The van der Waals surface area contributed by atoms with Gasteiger partial charge in [0.1, 0.15) is 11.4 Å². The zero-order valence-corrected chi connectivity index (χ0v) is 15.8. The van der Waals surface area contributed by atoms with Crippen LogP contribution in [0.4, 0.5) is 0 Å². The third kappa shape index (κ3) is 3.45. The molecule has 4 rings (SSSR count). The lowest BCUT2D eigenvalue weighted by Crippen LogP contribution is -2.40. The minimum Gasteiger partial charge on any atom is -0.487 e. The van der Waals surface area contributed by atoms with E-state index in [9.17, 15) is 0 Å². The summed E-state index contributed by atoms with van der Waals surface area (Å²) in [6.07, 6.45) is 3.86. The van der Waals surface area contributed by atoms with Gasteiger partial charge < -0.3 is 10.1 Å². The monoisotopic (exact) mass is 346 g/mol. The highest BCUT2D eigenvalue weighted by Crippen LogP contribution is 2.41. The Labute approximate surface area is 155 Å². The molecule has 1 unspecified atom stereocenters. The molecule has 1 aliphatic heterocycles. The fraction of sp³-hybridized carbons (Fsp3) is 0.348. The molecular formula is C23H26N2O. The standard InChI is InChI=1S/C23H26N2O/c1-16-9-11-24-20-13-19-21(25-12-10-17-7-5-4-6-8-17)15-23(2,3)26-22(19)14-18(16)20/h4-9,11,13-14,21,25H,10,12,15H2,1-3H3. The van der Waals surface area contributed by atoms with Gasteiger partial charge in [0.2, 0.25) is 0 Å². The number of hydrogen-bond acceptors (Lipinski definition) is 3. The number of rotatable bonds is 4. The lowest BCUT2D eigenvalue weighted by atomic mass is 9.88. The number of pyridine rings is 1. The predicted octanol–water partition coefficient (Wildman–Crippen LogP) is 4.98. The maximum atomic E-state index is 6.31. The van der Waals surface area contributed by atoms with E-state index >= 15 is 0 Å². The molecule has 0 radical (unpaired) electrons. The van der Waals surface area contributed by atoms with E-state index in [1.165, 1.54) is 22.1 Å². The van der Waals surface area contributed by atoms with Gasteiger partial charge in [-0.3, -0.25) is 4.98 Å². The van der Waals surface area contributed by atoms with Gasteiger partial charge in [-0.15, -0.1) is 0 Å². The number of benzene rings is 2. The summed E-state index contributed by atoms with van der Waals surface area (Å²) >= 11 is 0. The number of ether oxygens (including phenoxy) is 1. The van der Waals surface area contributed by atoms with E-state index in [0.29, 0.717) is 0 Å². The molecule has 1 aliphatic rings. The molecule has 0 spiro atoms. The molecule has 26 heavy (non-hydrogen) atoms. The number of nitrogens with one attached hydrogen (secondary N) is 1. The summed E-state index contributed by atoms with van der Waals surface area (Å²) in [5.74, 6) is 0.988. The Morgan fingerprint density at radius 3 is 2.77 bits per heavy atom. The van der Waals surface area contributed by atoms with E-state index in [4.69, 9.17) is 4.74 Å². The first-order valence-corrected chi connectivity index (χ1v) is 9.37. The van der Waals surface area contributed by atoms with Crippen LogP contribution in [0.3, 0.4) is 0 Å². The SMILES string of the molecule is Cc1ccnc2cc3c(cc12)OC(C)(C)CC3NCCc1ccccc1. The lowest BCUT2D eigenvalue weighted by molar-refractivity contribution is 0.0664. The second-order valence-electron chi connectivity index (χ2n) is 7.84. The molecule has 0 saturated carbocycles. The van der Waals surface area contributed by atoms with E-state index in [1.54, 1.807) is 0 Å². The highest BCUT2D eigenvalue weighted by Gasteiger charge is 2.33. The largest absolute Gasteiger partial charge is 0.487 e. The Morgan fingerprint density at radius 2 is 1.96 bits per heavy atom. The minimum absolute atomic E-state index is 0.179. The third-order valence-corrected chi connectivity index (χ3v) is 5.20. The molecule has 3 nitrogen and oxygen atoms in total. The molecule has 2 aromatic carbocycles. The second-order valence-corrected chi connectivity index (χ2v) is 7.84. The maximum absolute atomic E-state index is 6.31. The first kappa shape index (κ1) is 17.0. The van der Waals surface area contributed by atoms with E-state index < -0.39 is 0 Å². The van der Waals surface area contributed by atoms with Crippen molar-refractivity contribution in [2.45, 2.75) is 45.3 Å². The lowest BCUT2D eigenvalue weighted by Gasteiger charge is -2.38.